The fourth-order valence-corrected chi connectivity index (χ4v) is 3.84. The Labute approximate surface area is 134 Å². The number of nitrogens with zero attached hydrogens (tertiary/aromatic N) is 1. The molecule has 4 nitrogen and oxygen atoms in total. The minimum Gasteiger partial charge on any atom is -0.389 e. The maximum Gasteiger partial charge on any atom is 0.136 e. The maximum atomic E-state index is 12.3. The lowest BCUT2D eigenvalue weighted by Crippen LogP contribution is -2.48. The number of ketones is 1. The van der Waals surface area contributed by atoms with Crippen LogP contribution in [0.25, 0.3) is 0 Å². The van der Waals surface area contributed by atoms with Crippen molar-refractivity contribution in [3.05, 3.63) is 51.8 Å². The predicted molar refractivity (Wildman–Crippen MR) is 85.1 cm³/mol. The zero-order valence-corrected chi connectivity index (χ0v) is 13.6. The van der Waals surface area contributed by atoms with E-state index in [0.29, 0.717) is 11.4 Å². The molecule has 1 aliphatic rings. The molecular formula is C17H19ClN2O2. The van der Waals surface area contributed by atoms with E-state index in [1.165, 1.54) is 0 Å². The van der Waals surface area contributed by atoms with E-state index >= 15 is 0 Å². The minimum absolute atomic E-state index is 0.0174. The highest BCUT2D eigenvalue weighted by Crippen LogP contribution is 2.46. The molecule has 0 fully saturated rings. The standard InChI is InChI=1S/C17H19ClN2O2/c1-9-14-13(20-19-9)8-17(3,22)16(10(2)21)15(14)11-4-6-12(18)7-5-11/h4-7,15-16,22H,8H2,1-3H3,(H,19,20)/t15-,16+,17-/m1/s1. The molecule has 0 spiro atoms. The van der Waals surface area contributed by atoms with Crippen LogP contribution >= 0.6 is 11.6 Å². The van der Waals surface area contributed by atoms with Crippen molar-refractivity contribution in [1.29, 1.82) is 0 Å². The first kappa shape index (κ1) is 15.3. The van der Waals surface area contributed by atoms with Gasteiger partial charge in [0.15, 0.2) is 0 Å². The van der Waals surface area contributed by atoms with E-state index in [4.69, 9.17) is 11.6 Å². The van der Waals surface area contributed by atoms with Gasteiger partial charge in [0.1, 0.15) is 5.78 Å². The topological polar surface area (TPSA) is 66.0 Å². The van der Waals surface area contributed by atoms with Gasteiger partial charge in [0.05, 0.1) is 17.2 Å². The van der Waals surface area contributed by atoms with E-state index in [9.17, 15) is 9.90 Å². The third-order valence-corrected chi connectivity index (χ3v) is 4.83. The third-order valence-electron chi connectivity index (χ3n) is 4.58. The van der Waals surface area contributed by atoms with Gasteiger partial charge in [0, 0.05) is 28.6 Å². The minimum atomic E-state index is -1.12. The number of hydrogen-bond acceptors (Lipinski definition) is 3. The summed E-state index contributed by atoms with van der Waals surface area (Å²) in [7, 11) is 0. The molecule has 3 rings (SSSR count). The van der Waals surface area contributed by atoms with Gasteiger partial charge in [-0.15, -0.1) is 0 Å². The van der Waals surface area contributed by atoms with E-state index < -0.39 is 11.5 Å². The summed E-state index contributed by atoms with van der Waals surface area (Å²) in [5, 5.41) is 18.8. The van der Waals surface area contributed by atoms with Crippen LogP contribution in [0.4, 0.5) is 0 Å². The number of aliphatic hydroxyl groups is 1. The first-order valence-electron chi connectivity index (χ1n) is 7.33. The lowest BCUT2D eigenvalue weighted by atomic mass is 9.64. The smallest absolute Gasteiger partial charge is 0.136 e. The molecule has 22 heavy (non-hydrogen) atoms. The molecule has 0 bridgehead atoms. The summed E-state index contributed by atoms with van der Waals surface area (Å²) in [6, 6.07) is 7.46. The number of H-pyrrole nitrogens is 1. The van der Waals surface area contributed by atoms with Crippen LogP contribution in [-0.2, 0) is 11.2 Å². The van der Waals surface area contributed by atoms with Gasteiger partial charge in [-0.1, -0.05) is 23.7 Å². The highest BCUT2D eigenvalue weighted by atomic mass is 35.5. The van der Waals surface area contributed by atoms with E-state index in [0.717, 1.165) is 22.5 Å². The number of aryl methyl sites for hydroxylation is 1. The van der Waals surface area contributed by atoms with Crippen molar-refractivity contribution in [2.24, 2.45) is 5.92 Å². The average molecular weight is 319 g/mol. The molecule has 116 valence electrons. The molecule has 1 aromatic heterocycles. The van der Waals surface area contributed by atoms with Crippen molar-refractivity contribution in [1.82, 2.24) is 10.2 Å². The highest BCUT2D eigenvalue weighted by Gasteiger charge is 2.48. The molecule has 0 radical (unpaired) electrons. The molecule has 0 saturated carbocycles. The summed E-state index contributed by atoms with van der Waals surface area (Å²) in [6.45, 7) is 5.21. The second kappa shape index (κ2) is 5.21. The first-order valence-corrected chi connectivity index (χ1v) is 7.71. The molecule has 1 aliphatic carbocycles. The number of nitrogens with one attached hydrogen (secondary N) is 1. The average Bonchev–Trinajstić information content (AvgIpc) is 2.77. The van der Waals surface area contributed by atoms with Gasteiger partial charge in [0.2, 0.25) is 0 Å². The number of hydrogen-bond donors (Lipinski definition) is 2. The Balaban J connectivity index is 2.23. The summed E-state index contributed by atoms with van der Waals surface area (Å²) in [5.41, 5.74) is 2.64. The number of fused-ring (bicyclic) bond motifs is 1. The molecule has 2 N–H and O–H groups in total. The Hall–Kier alpha value is -1.65. The van der Waals surface area contributed by atoms with Gasteiger partial charge in [-0.25, -0.2) is 0 Å². The third kappa shape index (κ3) is 2.36. The van der Waals surface area contributed by atoms with Crippen molar-refractivity contribution in [2.75, 3.05) is 0 Å². The van der Waals surface area contributed by atoms with Crippen molar-refractivity contribution in [3.8, 4) is 0 Å². The second-order valence-corrected chi connectivity index (χ2v) is 6.80. The van der Waals surface area contributed by atoms with Gasteiger partial charge in [-0.3, -0.25) is 9.89 Å². The Morgan fingerprint density at radius 3 is 2.64 bits per heavy atom. The molecule has 1 heterocycles. The van der Waals surface area contributed by atoms with Crippen molar-refractivity contribution >= 4 is 17.4 Å². The zero-order valence-electron chi connectivity index (χ0n) is 12.9. The van der Waals surface area contributed by atoms with Crippen LogP contribution in [0.5, 0.6) is 0 Å². The SMILES string of the molecule is CC(=O)[C@H]1[C@H](c2ccc(Cl)cc2)c2c(n[nH]c2C)C[C@@]1(C)O. The van der Waals surface area contributed by atoms with E-state index in [1.807, 2.05) is 31.2 Å². The summed E-state index contributed by atoms with van der Waals surface area (Å²) in [4.78, 5) is 12.3. The monoisotopic (exact) mass is 318 g/mol. The number of carbonyl (C=O) groups excluding carboxylic acids is 1. The number of aromatic amines is 1. The van der Waals surface area contributed by atoms with Gasteiger partial charge < -0.3 is 5.11 Å². The number of halogens is 1. The van der Waals surface area contributed by atoms with Crippen molar-refractivity contribution in [3.63, 3.8) is 0 Å². The fourth-order valence-electron chi connectivity index (χ4n) is 3.71. The van der Waals surface area contributed by atoms with Gasteiger partial charge in [-0.2, -0.15) is 5.10 Å². The van der Waals surface area contributed by atoms with E-state index in [-0.39, 0.29) is 11.7 Å². The molecule has 0 unspecified atom stereocenters. The Kier molecular flexibility index (Phi) is 3.62. The Bertz CT molecular complexity index is 719. The van der Waals surface area contributed by atoms with Crippen LogP contribution in [0.3, 0.4) is 0 Å². The van der Waals surface area contributed by atoms with Crippen LogP contribution in [0.15, 0.2) is 24.3 Å². The number of aromatic nitrogens is 2. The summed E-state index contributed by atoms with van der Waals surface area (Å²) in [5.74, 6) is -0.735. The lowest BCUT2D eigenvalue weighted by molar-refractivity contribution is -0.130. The molecule has 0 aliphatic heterocycles. The molecule has 1 aromatic carbocycles. The maximum absolute atomic E-state index is 12.3. The normalized spacial score (nSPS) is 27.5. The fraction of sp³-hybridized carbons (Fsp3) is 0.412. The molecular weight excluding hydrogens is 300 g/mol. The molecule has 3 atom stereocenters. The van der Waals surface area contributed by atoms with E-state index in [1.54, 1.807) is 13.8 Å². The quantitative estimate of drug-likeness (QED) is 0.894. The van der Waals surface area contributed by atoms with Gasteiger partial charge in [-0.05, 0) is 38.5 Å². The molecule has 5 heteroatoms. The van der Waals surface area contributed by atoms with Crippen molar-refractivity contribution < 1.29 is 9.90 Å². The number of benzene rings is 1. The summed E-state index contributed by atoms with van der Waals surface area (Å²) < 4.78 is 0. The summed E-state index contributed by atoms with van der Waals surface area (Å²) in [6.07, 6.45) is 0.376. The van der Waals surface area contributed by atoms with Crippen LogP contribution in [0, 0.1) is 12.8 Å². The molecule has 0 amide bonds. The second-order valence-electron chi connectivity index (χ2n) is 6.36. The van der Waals surface area contributed by atoms with E-state index in [2.05, 4.69) is 10.2 Å². The van der Waals surface area contributed by atoms with Crippen LogP contribution in [-0.4, -0.2) is 26.7 Å². The van der Waals surface area contributed by atoms with Crippen molar-refractivity contribution in [2.45, 2.75) is 38.7 Å². The van der Waals surface area contributed by atoms with Crippen LogP contribution in [0.1, 0.15) is 42.3 Å². The largest absolute Gasteiger partial charge is 0.389 e. The Morgan fingerprint density at radius 2 is 2.05 bits per heavy atom. The predicted octanol–water partition coefficient (Wildman–Crippen LogP) is 3.02. The Morgan fingerprint density at radius 1 is 1.41 bits per heavy atom. The van der Waals surface area contributed by atoms with Gasteiger partial charge in [0.25, 0.3) is 0 Å². The van der Waals surface area contributed by atoms with Crippen LogP contribution < -0.4 is 0 Å². The number of Topliss-reactive ketones (excluding diaryl/α,β-unsaturated/α-hetero) is 1. The summed E-state index contributed by atoms with van der Waals surface area (Å²) >= 11 is 5.98. The highest BCUT2D eigenvalue weighted by molar-refractivity contribution is 6.30. The number of rotatable bonds is 2. The molecule has 2 aromatic rings. The van der Waals surface area contributed by atoms with Crippen LogP contribution in [0.2, 0.25) is 5.02 Å². The zero-order chi connectivity index (χ0) is 16.1. The molecule has 0 saturated heterocycles. The lowest BCUT2D eigenvalue weighted by Gasteiger charge is -2.41. The van der Waals surface area contributed by atoms with Gasteiger partial charge >= 0.3 is 0 Å². The first-order chi connectivity index (χ1) is 10.3. The number of carbonyl (C=O) groups is 1.